The zero-order valence-electron chi connectivity index (χ0n) is 17.9. The standard InChI is InChI=1S/C23H30N6O2/c1-2-29-17-26-20-19(8-11-24-21(20)29)27-22(30)25-12-15-28-13-9-23(31,10-14-28)16-18-6-4-3-5-7-18/h3-8,11,17,31H,2,9-10,12-16H2,1H3,(H2,24,25,27,30). The van der Waals surface area contributed by atoms with Crippen molar-refractivity contribution in [1.82, 2.24) is 24.8 Å². The molecule has 0 spiro atoms. The van der Waals surface area contributed by atoms with Crippen LogP contribution in [0.3, 0.4) is 0 Å². The maximum atomic E-state index is 12.3. The molecule has 0 atom stereocenters. The van der Waals surface area contributed by atoms with Crippen LogP contribution >= 0.6 is 0 Å². The van der Waals surface area contributed by atoms with Crippen LogP contribution in [0.25, 0.3) is 11.2 Å². The van der Waals surface area contributed by atoms with E-state index in [1.54, 1.807) is 18.6 Å². The quantitative estimate of drug-likeness (QED) is 0.544. The van der Waals surface area contributed by atoms with E-state index in [0.29, 0.717) is 24.2 Å². The first-order valence-corrected chi connectivity index (χ1v) is 10.9. The summed E-state index contributed by atoms with van der Waals surface area (Å²) in [7, 11) is 0. The van der Waals surface area contributed by atoms with Crippen molar-refractivity contribution in [1.29, 1.82) is 0 Å². The van der Waals surface area contributed by atoms with Crippen LogP contribution in [0.4, 0.5) is 10.5 Å². The molecule has 1 saturated heterocycles. The van der Waals surface area contributed by atoms with Crippen LogP contribution in [0.1, 0.15) is 25.3 Å². The second kappa shape index (κ2) is 9.45. The molecule has 2 amide bonds. The van der Waals surface area contributed by atoms with Gasteiger partial charge in [0.1, 0.15) is 5.52 Å². The van der Waals surface area contributed by atoms with Crippen LogP contribution in [0.15, 0.2) is 48.9 Å². The van der Waals surface area contributed by atoms with Gasteiger partial charge in [-0.15, -0.1) is 0 Å². The summed E-state index contributed by atoms with van der Waals surface area (Å²) in [5.74, 6) is 0. The minimum Gasteiger partial charge on any atom is -0.389 e. The molecule has 31 heavy (non-hydrogen) atoms. The van der Waals surface area contributed by atoms with Gasteiger partial charge in [0.05, 0.1) is 17.6 Å². The number of urea groups is 1. The lowest BCUT2D eigenvalue weighted by atomic mass is 9.85. The Balaban J connectivity index is 1.22. The van der Waals surface area contributed by atoms with E-state index in [4.69, 9.17) is 0 Å². The molecule has 0 saturated carbocycles. The molecule has 3 aromatic rings. The first kappa shape index (κ1) is 21.3. The maximum Gasteiger partial charge on any atom is 0.319 e. The summed E-state index contributed by atoms with van der Waals surface area (Å²) in [6, 6.07) is 11.7. The summed E-state index contributed by atoms with van der Waals surface area (Å²) in [6.45, 7) is 5.75. The van der Waals surface area contributed by atoms with Gasteiger partial charge in [0.15, 0.2) is 5.65 Å². The number of hydrogen-bond donors (Lipinski definition) is 3. The number of aliphatic hydroxyl groups is 1. The molecule has 8 nitrogen and oxygen atoms in total. The molecule has 0 unspecified atom stereocenters. The van der Waals surface area contributed by atoms with E-state index in [-0.39, 0.29) is 6.03 Å². The third kappa shape index (κ3) is 5.21. The highest BCUT2D eigenvalue weighted by Crippen LogP contribution is 2.26. The van der Waals surface area contributed by atoms with Gasteiger partial charge < -0.3 is 25.2 Å². The molecule has 164 valence electrons. The number of rotatable bonds is 7. The number of fused-ring (bicyclic) bond motifs is 1. The van der Waals surface area contributed by atoms with Gasteiger partial charge in [0, 0.05) is 45.3 Å². The minimum atomic E-state index is -0.642. The van der Waals surface area contributed by atoms with E-state index in [0.717, 1.165) is 44.7 Å². The highest BCUT2D eigenvalue weighted by Gasteiger charge is 2.32. The number of imidazole rings is 1. The van der Waals surface area contributed by atoms with Crippen molar-refractivity contribution < 1.29 is 9.90 Å². The number of amides is 2. The highest BCUT2D eigenvalue weighted by atomic mass is 16.3. The molecule has 1 fully saturated rings. The Morgan fingerprint density at radius 3 is 2.68 bits per heavy atom. The first-order chi connectivity index (χ1) is 15.1. The fourth-order valence-corrected chi connectivity index (χ4v) is 4.13. The van der Waals surface area contributed by atoms with Crippen LogP contribution in [-0.2, 0) is 13.0 Å². The predicted octanol–water partition coefficient (Wildman–Crippen LogP) is 2.64. The Morgan fingerprint density at radius 2 is 1.94 bits per heavy atom. The number of likely N-dealkylation sites (tertiary alicyclic amines) is 1. The van der Waals surface area contributed by atoms with E-state index >= 15 is 0 Å². The summed E-state index contributed by atoms with van der Waals surface area (Å²) in [6.07, 6.45) is 5.58. The van der Waals surface area contributed by atoms with Crippen LogP contribution in [0.5, 0.6) is 0 Å². The number of nitrogens with one attached hydrogen (secondary N) is 2. The fraction of sp³-hybridized carbons (Fsp3) is 0.435. The number of hydrogen-bond acceptors (Lipinski definition) is 5. The van der Waals surface area contributed by atoms with Gasteiger partial charge in [-0.3, -0.25) is 0 Å². The van der Waals surface area contributed by atoms with Crippen molar-refractivity contribution in [2.75, 3.05) is 31.5 Å². The number of benzene rings is 1. The Morgan fingerprint density at radius 1 is 1.16 bits per heavy atom. The molecular weight excluding hydrogens is 392 g/mol. The largest absolute Gasteiger partial charge is 0.389 e. The Kier molecular flexibility index (Phi) is 6.48. The second-order valence-electron chi connectivity index (χ2n) is 8.17. The zero-order chi connectivity index (χ0) is 21.7. The molecule has 3 heterocycles. The van der Waals surface area contributed by atoms with Crippen molar-refractivity contribution in [2.45, 2.75) is 38.3 Å². The molecule has 0 aliphatic carbocycles. The lowest BCUT2D eigenvalue weighted by molar-refractivity contribution is -0.0201. The summed E-state index contributed by atoms with van der Waals surface area (Å²) < 4.78 is 1.94. The fourth-order valence-electron chi connectivity index (χ4n) is 4.13. The monoisotopic (exact) mass is 422 g/mol. The van der Waals surface area contributed by atoms with E-state index in [9.17, 15) is 9.90 Å². The second-order valence-corrected chi connectivity index (χ2v) is 8.17. The summed E-state index contributed by atoms with van der Waals surface area (Å²) in [4.78, 5) is 23.3. The first-order valence-electron chi connectivity index (χ1n) is 10.9. The molecule has 1 aliphatic heterocycles. The number of carbonyl (C=O) groups is 1. The lowest BCUT2D eigenvalue weighted by Crippen LogP contribution is -2.47. The van der Waals surface area contributed by atoms with Crippen LogP contribution in [-0.4, -0.2) is 62.4 Å². The SMILES string of the molecule is CCn1cnc2c(NC(=O)NCCN3CCC(O)(Cc4ccccc4)CC3)ccnc21. The van der Waals surface area contributed by atoms with Crippen molar-refractivity contribution in [3.63, 3.8) is 0 Å². The van der Waals surface area contributed by atoms with Gasteiger partial charge in [-0.2, -0.15) is 0 Å². The molecule has 8 heteroatoms. The van der Waals surface area contributed by atoms with Gasteiger partial charge in [-0.25, -0.2) is 14.8 Å². The van der Waals surface area contributed by atoms with Crippen LogP contribution < -0.4 is 10.6 Å². The summed E-state index contributed by atoms with van der Waals surface area (Å²) in [5, 5.41) is 16.7. The minimum absolute atomic E-state index is 0.254. The van der Waals surface area contributed by atoms with Crippen molar-refractivity contribution in [2.24, 2.45) is 0 Å². The van der Waals surface area contributed by atoms with E-state index in [1.807, 2.05) is 29.7 Å². The Labute approximate surface area is 182 Å². The number of anilines is 1. The molecule has 1 aliphatic rings. The number of aryl methyl sites for hydroxylation is 1. The third-order valence-corrected chi connectivity index (χ3v) is 5.97. The number of piperidine rings is 1. The van der Waals surface area contributed by atoms with E-state index in [1.165, 1.54) is 5.56 Å². The normalized spacial score (nSPS) is 16.3. The molecule has 0 bridgehead atoms. The van der Waals surface area contributed by atoms with Crippen molar-refractivity contribution >= 4 is 22.9 Å². The molecule has 4 rings (SSSR count). The highest BCUT2D eigenvalue weighted by molar-refractivity contribution is 5.97. The molecule has 1 aromatic carbocycles. The average Bonchev–Trinajstić information content (AvgIpc) is 3.20. The number of carbonyl (C=O) groups excluding carboxylic acids is 1. The van der Waals surface area contributed by atoms with Crippen molar-refractivity contribution in [3.8, 4) is 0 Å². The molecule has 0 radical (unpaired) electrons. The molecular formula is C23H30N6O2. The lowest BCUT2D eigenvalue weighted by Gasteiger charge is -2.38. The number of aromatic nitrogens is 3. The third-order valence-electron chi connectivity index (χ3n) is 5.97. The number of nitrogens with zero attached hydrogens (tertiary/aromatic N) is 4. The van der Waals surface area contributed by atoms with Gasteiger partial charge in [-0.05, 0) is 31.4 Å². The van der Waals surface area contributed by atoms with Crippen LogP contribution in [0, 0.1) is 0 Å². The average molecular weight is 423 g/mol. The summed E-state index contributed by atoms with van der Waals surface area (Å²) >= 11 is 0. The maximum absolute atomic E-state index is 12.3. The molecule has 2 aromatic heterocycles. The van der Waals surface area contributed by atoms with Gasteiger partial charge in [0.25, 0.3) is 0 Å². The van der Waals surface area contributed by atoms with Gasteiger partial charge >= 0.3 is 6.03 Å². The Hall–Kier alpha value is -2.97. The topological polar surface area (TPSA) is 95.3 Å². The smallest absolute Gasteiger partial charge is 0.319 e. The van der Waals surface area contributed by atoms with Gasteiger partial charge in [-0.1, -0.05) is 30.3 Å². The van der Waals surface area contributed by atoms with E-state index < -0.39 is 5.60 Å². The Bertz CT molecular complexity index is 1010. The van der Waals surface area contributed by atoms with Gasteiger partial charge in [0.2, 0.25) is 0 Å². The zero-order valence-corrected chi connectivity index (χ0v) is 17.9. The molecule has 3 N–H and O–H groups in total. The predicted molar refractivity (Wildman–Crippen MR) is 121 cm³/mol. The van der Waals surface area contributed by atoms with Crippen molar-refractivity contribution in [3.05, 3.63) is 54.5 Å². The summed E-state index contributed by atoms with van der Waals surface area (Å²) in [5.41, 5.74) is 2.63. The van der Waals surface area contributed by atoms with Crippen LogP contribution in [0.2, 0.25) is 0 Å². The number of pyridine rings is 1. The van der Waals surface area contributed by atoms with E-state index in [2.05, 4.69) is 37.6 Å².